The molecule has 1 N–H and O–H groups in total. The van der Waals surface area contributed by atoms with Gasteiger partial charge in [0.2, 0.25) is 0 Å². The zero-order chi connectivity index (χ0) is 10.3. The van der Waals surface area contributed by atoms with Gasteiger partial charge in [0.1, 0.15) is 5.65 Å². The molecule has 0 aliphatic carbocycles. The maximum atomic E-state index is 11.4. The number of H-pyrrole nitrogens is 1. The zero-order valence-electron chi connectivity index (χ0n) is 8.51. The summed E-state index contributed by atoms with van der Waals surface area (Å²) >= 11 is 0. The number of nitrogens with zero attached hydrogens (tertiary/aromatic N) is 1. The number of hydrogen-bond donors (Lipinski definition) is 1. The van der Waals surface area contributed by atoms with Crippen LogP contribution in [0.25, 0.3) is 11.0 Å². The maximum absolute atomic E-state index is 11.4. The molecule has 2 rings (SSSR count). The van der Waals surface area contributed by atoms with Gasteiger partial charge in [-0.05, 0) is 38.5 Å². The smallest absolute Gasteiger partial charge is 0.252 e. The third-order valence-electron chi connectivity index (χ3n) is 2.34. The molecule has 0 amide bonds. The highest BCUT2D eigenvalue weighted by Crippen LogP contribution is 2.14. The van der Waals surface area contributed by atoms with E-state index in [1.807, 2.05) is 26.0 Å². The Morgan fingerprint density at radius 2 is 1.86 bits per heavy atom. The van der Waals surface area contributed by atoms with Crippen LogP contribution in [-0.4, -0.2) is 9.97 Å². The fraction of sp³-hybridized carbons (Fsp3) is 0.273. The molecule has 0 atom stereocenters. The molecule has 0 aliphatic rings. The SMILES string of the molecule is Cc1cc(C)c2cc(C)c(=O)[nH]c2n1. The number of hydrogen-bond acceptors (Lipinski definition) is 2. The molecule has 0 aliphatic heterocycles. The second kappa shape index (κ2) is 2.94. The number of pyridine rings is 2. The van der Waals surface area contributed by atoms with E-state index in [4.69, 9.17) is 0 Å². The molecule has 14 heavy (non-hydrogen) atoms. The van der Waals surface area contributed by atoms with E-state index in [0.29, 0.717) is 5.65 Å². The average Bonchev–Trinajstić information content (AvgIpc) is 2.08. The van der Waals surface area contributed by atoms with Crippen molar-refractivity contribution in [3.8, 4) is 0 Å². The molecule has 0 fully saturated rings. The van der Waals surface area contributed by atoms with Gasteiger partial charge in [-0.3, -0.25) is 4.79 Å². The molecule has 2 heterocycles. The number of aromatic amines is 1. The van der Waals surface area contributed by atoms with Crippen molar-refractivity contribution >= 4 is 11.0 Å². The van der Waals surface area contributed by atoms with E-state index in [-0.39, 0.29) is 5.56 Å². The van der Waals surface area contributed by atoms with Gasteiger partial charge in [-0.2, -0.15) is 0 Å². The van der Waals surface area contributed by atoms with Crippen molar-refractivity contribution < 1.29 is 0 Å². The van der Waals surface area contributed by atoms with Gasteiger partial charge in [-0.1, -0.05) is 0 Å². The first-order chi connectivity index (χ1) is 6.58. The Bertz CT molecular complexity index is 555. The fourth-order valence-corrected chi connectivity index (χ4v) is 1.61. The quantitative estimate of drug-likeness (QED) is 0.685. The lowest BCUT2D eigenvalue weighted by Crippen LogP contribution is -2.10. The van der Waals surface area contributed by atoms with Gasteiger partial charge in [0.05, 0.1) is 0 Å². The van der Waals surface area contributed by atoms with Gasteiger partial charge < -0.3 is 4.98 Å². The van der Waals surface area contributed by atoms with Gasteiger partial charge in [0.15, 0.2) is 0 Å². The van der Waals surface area contributed by atoms with Gasteiger partial charge in [0.25, 0.3) is 5.56 Å². The molecular weight excluding hydrogens is 176 g/mol. The summed E-state index contributed by atoms with van der Waals surface area (Å²) in [6.45, 7) is 5.75. The van der Waals surface area contributed by atoms with Gasteiger partial charge in [0, 0.05) is 16.6 Å². The molecular formula is C11H12N2O. The molecule has 0 saturated heterocycles. The highest BCUT2D eigenvalue weighted by Gasteiger charge is 2.03. The summed E-state index contributed by atoms with van der Waals surface area (Å²) in [5.74, 6) is 0. The molecule has 3 heteroatoms. The van der Waals surface area contributed by atoms with E-state index in [2.05, 4.69) is 9.97 Å². The van der Waals surface area contributed by atoms with Crippen molar-refractivity contribution in [1.82, 2.24) is 9.97 Å². The van der Waals surface area contributed by atoms with Crippen LogP contribution in [0.1, 0.15) is 16.8 Å². The number of fused-ring (bicyclic) bond motifs is 1. The molecule has 0 saturated carbocycles. The van der Waals surface area contributed by atoms with E-state index in [9.17, 15) is 4.79 Å². The van der Waals surface area contributed by atoms with E-state index in [1.54, 1.807) is 6.92 Å². The molecule has 0 unspecified atom stereocenters. The molecule has 0 spiro atoms. The molecule has 0 bridgehead atoms. The summed E-state index contributed by atoms with van der Waals surface area (Å²) in [4.78, 5) is 18.4. The van der Waals surface area contributed by atoms with Crippen LogP contribution in [0.15, 0.2) is 16.9 Å². The Morgan fingerprint density at radius 3 is 2.57 bits per heavy atom. The highest BCUT2D eigenvalue weighted by atomic mass is 16.1. The molecule has 0 radical (unpaired) electrons. The molecule has 0 aromatic carbocycles. The van der Waals surface area contributed by atoms with Crippen LogP contribution in [0.2, 0.25) is 0 Å². The summed E-state index contributed by atoms with van der Waals surface area (Å²) in [6, 6.07) is 3.90. The Kier molecular flexibility index (Phi) is 1.88. The number of aromatic nitrogens is 2. The summed E-state index contributed by atoms with van der Waals surface area (Å²) in [5, 5.41) is 1.02. The predicted octanol–water partition coefficient (Wildman–Crippen LogP) is 1.85. The van der Waals surface area contributed by atoms with Crippen molar-refractivity contribution in [2.24, 2.45) is 0 Å². The van der Waals surface area contributed by atoms with Crippen LogP contribution in [0.5, 0.6) is 0 Å². The lowest BCUT2D eigenvalue weighted by atomic mass is 10.1. The highest BCUT2D eigenvalue weighted by molar-refractivity contribution is 5.79. The van der Waals surface area contributed by atoms with E-state index in [1.165, 1.54) is 0 Å². The largest absolute Gasteiger partial charge is 0.306 e. The van der Waals surface area contributed by atoms with Crippen molar-refractivity contribution in [1.29, 1.82) is 0 Å². The van der Waals surface area contributed by atoms with Crippen LogP contribution in [0.3, 0.4) is 0 Å². The monoisotopic (exact) mass is 188 g/mol. The fourth-order valence-electron chi connectivity index (χ4n) is 1.61. The Labute approximate surface area is 81.8 Å². The topological polar surface area (TPSA) is 45.8 Å². The molecule has 72 valence electrons. The Balaban J connectivity index is 2.96. The number of aryl methyl sites for hydroxylation is 3. The molecule has 2 aromatic heterocycles. The van der Waals surface area contributed by atoms with Crippen LogP contribution in [0.4, 0.5) is 0 Å². The second-order valence-corrected chi connectivity index (χ2v) is 3.62. The average molecular weight is 188 g/mol. The van der Waals surface area contributed by atoms with Gasteiger partial charge >= 0.3 is 0 Å². The van der Waals surface area contributed by atoms with Crippen molar-refractivity contribution in [3.63, 3.8) is 0 Å². The van der Waals surface area contributed by atoms with E-state index in [0.717, 1.165) is 22.2 Å². The Hall–Kier alpha value is -1.64. The summed E-state index contributed by atoms with van der Waals surface area (Å²) in [7, 11) is 0. The molecule has 2 aromatic rings. The van der Waals surface area contributed by atoms with E-state index >= 15 is 0 Å². The maximum Gasteiger partial charge on any atom is 0.252 e. The summed E-state index contributed by atoms with van der Waals surface area (Å²) in [6.07, 6.45) is 0. The first-order valence-electron chi connectivity index (χ1n) is 4.56. The summed E-state index contributed by atoms with van der Waals surface area (Å²) in [5.41, 5.74) is 3.42. The standard InChI is InChI=1S/C11H12N2O/c1-6-4-8(3)12-10-9(6)5-7(2)11(14)13-10/h4-5H,1-3H3,(H,12,13,14). The van der Waals surface area contributed by atoms with Crippen molar-refractivity contribution in [2.75, 3.05) is 0 Å². The number of rotatable bonds is 0. The van der Waals surface area contributed by atoms with Crippen molar-refractivity contribution in [2.45, 2.75) is 20.8 Å². The normalized spacial score (nSPS) is 10.8. The first-order valence-corrected chi connectivity index (χ1v) is 4.56. The van der Waals surface area contributed by atoms with Crippen LogP contribution >= 0.6 is 0 Å². The first kappa shape index (κ1) is 8.94. The minimum absolute atomic E-state index is 0.0602. The zero-order valence-corrected chi connectivity index (χ0v) is 8.51. The lowest BCUT2D eigenvalue weighted by molar-refractivity contribution is 1.14. The predicted molar refractivity (Wildman–Crippen MR) is 56.6 cm³/mol. The summed E-state index contributed by atoms with van der Waals surface area (Å²) < 4.78 is 0. The minimum Gasteiger partial charge on any atom is -0.306 e. The van der Waals surface area contributed by atoms with Crippen LogP contribution in [0, 0.1) is 20.8 Å². The van der Waals surface area contributed by atoms with Crippen LogP contribution < -0.4 is 5.56 Å². The van der Waals surface area contributed by atoms with Crippen LogP contribution in [-0.2, 0) is 0 Å². The Morgan fingerprint density at radius 1 is 1.14 bits per heavy atom. The van der Waals surface area contributed by atoms with E-state index < -0.39 is 0 Å². The van der Waals surface area contributed by atoms with Crippen molar-refractivity contribution in [3.05, 3.63) is 39.3 Å². The second-order valence-electron chi connectivity index (χ2n) is 3.62. The van der Waals surface area contributed by atoms with Gasteiger partial charge in [-0.15, -0.1) is 0 Å². The number of nitrogens with one attached hydrogen (secondary N) is 1. The van der Waals surface area contributed by atoms with Gasteiger partial charge in [-0.25, -0.2) is 4.98 Å². The molecule has 3 nitrogen and oxygen atoms in total. The third-order valence-corrected chi connectivity index (χ3v) is 2.34. The third kappa shape index (κ3) is 1.31. The minimum atomic E-state index is -0.0602. The lowest BCUT2D eigenvalue weighted by Gasteiger charge is -2.03.